The van der Waals surface area contributed by atoms with Gasteiger partial charge in [-0.3, -0.25) is 0 Å². The predicted octanol–water partition coefficient (Wildman–Crippen LogP) is 1.23. The zero-order valence-corrected chi connectivity index (χ0v) is 6.79. The van der Waals surface area contributed by atoms with Crippen molar-refractivity contribution in [2.75, 3.05) is 0 Å². The molecule has 0 spiro atoms. The summed E-state index contributed by atoms with van der Waals surface area (Å²) in [6, 6.07) is 0. The quantitative estimate of drug-likeness (QED) is 0.590. The van der Waals surface area contributed by atoms with Gasteiger partial charge in [0.25, 0.3) is 0 Å². The number of aliphatic hydroxyl groups is 2. The lowest BCUT2D eigenvalue weighted by atomic mass is 9.81. The molecule has 0 radical (unpaired) electrons. The fourth-order valence-corrected chi connectivity index (χ4v) is 1.76. The maximum absolute atomic E-state index is 9.81. The van der Waals surface area contributed by atoms with Crippen LogP contribution in [-0.2, 0) is 0 Å². The summed E-state index contributed by atoms with van der Waals surface area (Å²) in [7, 11) is 0. The molecule has 0 amide bonds. The molecule has 11 heavy (non-hydrogen) atoms. The first-order chi connectivity index (χ1) is 5.16. The number of hydrogen-bond donors (Lipinski definition) is 2. The molecule has 0 aromatic heterocycles. The van der Waals surface area contributed by atoms with Crippen molar-refractivity contribution in [1.29, 1.82) is 0 Å². The van der Waals surface area contributed by atoms with Crippen molar-refractivity contribution in [3.63, 3.8) is 0 Å². The Kier molecular flexibility index (Phi) is 2.68. The maximum atomic E-state index is 9.81. The minimum atomic E-state index is -0.667. The molecule has 2 nitrogen and oxygen atoms in total. The van der Waals surface area contributed by atoms with Gasteiger partial charge < -0.3 is 10.2 Å². The van der Waals surface area contributed by atoms with Crippen LogP contribution in [0.5, 0.6) is 0 Å². The third kappa shape index (κ3) is 2.31. The van der Waals surface area contributed by atoms with Crippen LogP contribution in [0.2, 0.25) is 0 Å². The van der Waals surface area contributed by atoms with Crippen LogP contribution in [-0.4, -0.2) is 21.9 Å². The van der Waals surface area contributed by atoms with Crippen molar-refractivity contribution in [2.45, 2.75) is 43.8 Å². The molecule has 1 fully saturated rings. The van der Waals surface area contributed by atoms with Gasteiger partial charge in [-0.15, -0.1) is 6.58 Å². The van der Waals surface area contributed by atoms with Crippen LogP contribution in [0.4, 0.5) is 0 Å². The Morgan fingerprint density at radius 2 is 2.36 bits per heavy atom. The van der Waals surface area contributed by atoms with E-state index in [1.54, 1.807) is 6.08 Å². The van der Waals surface area contributed by atoms with Crippen LogP contribution in [0.3, 0.4) is 0 Å². The van der Waals surface area contributed by atoms with Crippen molar-refractivity contribution < 1.29 is 10.2 Å². The first kappa shape index (κ1) is 8.75. The zero-order chi connectivity index (χ0) is 8.32. The normalized spacial score (nSPS) is 38.5. The van der Waals surface area contributed by atoms with E-state index in [-0.39, 0.29) is 6.10 Å². The second-order valence-corrected chi connectivity index (χ2v) is 3.47. The Morgan fingerprint density at radius 1 is 1.64 bits per heavy atom. The fourth-order valence-electron chi connectivity index (χ4n) is 1.76. The molecule has 0 aromatic rings. The van der Waals surface area contributed by atoms with Crippen molar-refractivity contribution in [3.05, 3.63) is 12.7 Å². The molecule has 64 valence electrons. The average Bonchev–Trinajstić information content (AvgIpc) is 1.86. The summed E-state index contributed by atoms with van der Waals surface area (Å²) in [5, 5.41) is 19.1. The zero-order valence-electron chi connectivity index (χ0n) is 6.79. The van der Waals surface area contributed by atoms with Crippen LogP contribution in [0.25, 0.3) is 0 Å². The third-order valence-corrected chi connectivity index (χ3v) is 2.32. The van der Waals surface area contributed by atoms with Gasteiger partial charge in [-0.2, -0.15) is 0 Å². The summed E-state index contributed by atoms with van der Waals surface area (Å²) in [5.41, 5.74) is -0.667. The van der Waals surface area contributed by atoms with Gasteiger partial charge in [-0.05, 0) is 25.7 Å². The van der Waals surface area contributed by atoms with Crippen LogP contribution in [0.1, 0.15) is 32.1 Å². The van der Waals surface area contributed by atoms with E-state index in [9.17, 15) is 10.2 Å². The first-order valence-corrected chi connectivity index (χ1v) is 4.18. The van der Waals surface area contributed by atoms with Gasteiger partial charge in [-0.1, -0.05) is 6.08 Å². The number of hydrogen-bond acceptors (Lipinski definition) is 2. The van der Waals surface area contributed by atoms with Gasteiger partial charge in [0, 0.05) is 6.42 Å². The molecule has 0 bridgehead atoms. The monoisotopic (exact) mass is 156 g/mol. The van der Waals surface area contributed by atoms with Crippen LogP contribution in [0.15, 0.2) is 12.7 Å². The standard InChI is InChI=1S/C9H16O2/c1-2-5-9(11)6-3-4-8(10)7-9/h2,8,10-11H,1,3-7H2. The molecule has 0 heterocycles. The molecule has 2 heteroatoms. The van der Waals surface area contributed by atoms with Crippen molar-refractivity contribution in [3.8, 4) is 0 Å². The summed E-state index contributed by atoms with van der Waals surface area (Å²) in [6.45, 7) is 3.58. The molecule has 0 aromatic carbocycles. The molecule has 1 rings (SSSR count). The van der Waals surface area contributed by atoms with Gasteiger partial charge in [0.1, 0.15) is 0 Å². The molecule has 2 unspecified atom stereocenters. The van der Waals surface area contributed by atoms with Crippen molar-refractivity contribution in [2.24, 2.45) is 0 Å². The minimum Gasteiger partial charge on any atom is -0.393 e. The van der Waals surface area contributed by atoms with E-state index in [2.05, 4.69) is 6.58 Å². The highest BCUT2D eigenvalue weighted by Gasteiger charge is 2.31. The smallest absolute Gasteiger partial charge is 0.0706 e. The molecule has 2 N–H and O–H groups in total. The average molecular weight is 156 g/mol. The summed E-state index contributed by atoms with van der Waals surface area (Å²) < 4.78 is 0. The number of rotatable bonds is 2. The third-order valence-electron chi connectivity index (χ3n) is 2.32. The van der Waals surface area contributed by atoms with Gasteiger partial charge >= 0.3 is 0 Å². The highest BCUT2D eigenvalue weighted by molar-refractivity contribution is 4.91. The molecule has 0 saturated heterocycles. The topological polar surface area (TPSA) is 40.5 Å². The molecule has 1 aliphatic rings. The predicted molar refractivity (Wildman–Crippen MR) is 44.2 cm³/mol. The Bertz CT molecular complexity index is 144. The molecular formula is C9H16O2. The Balaban J connectivity index is 2.47. The lowest BCUT2D eigenvalue weighted by molar-refractivity contribution is -0.0426. The lowest BCUT2D eigenvalue weighted by Crippen LogP contribution is -2.36. The SMILES string of the molecule is C=CCC1(O)CCCC(O)C1. The number of aliphatic hydroxyl groups excluding tert-OH is 1. The molecule has 1 aliphatic carbocycles. The van der Waals surface area contributed by atoms with E-state index in [1.165, 1.54) is 0 Å². The van der Waals surface area contributed by atoms with E-state index < -0.39 is 5.60 Å². The molecule has 2 atom stereocenters. The summed E-state index contributed by atoms with van der Waals surface area (Å²) in [5.74, 6) is 0. The highest BCUT2D eigenvalue weighted by Crippen LogP contribution is 2.31. The van der Waals surface area contributed by atoms with Gasteiger partial charge in [0.2, 0.25) is 0 Å². The second-order valence-electron chi connectivity index (χ2n) is 3.47. The van der Waals surface area contributed by atoms with Crippen LogP contribution >= 0.6 is 0 Å². The van der Waals surface area contributed by atoms with Crippen LogP contribution < -0.4 is 0 Å². The summed E-state index contributed by atoms with van der Waals surface area (Å²) in [6.07, 6.45) is 5.08. The van der Waals surface area contributed by atoms with E-state index in [1.807, 2.05) is 0 Å². The molecular weight excluding hydrogens is 140 g/mol. The fraction of sp³-hybridized carbons (Fsp3) is 0.778. The molecule has 0 aliphatic heterocycles. The van der Waals surface area contributed by atoms with Gasteiger partial charge in [-0.25, -0.2) is 0 Å². The van der Waals surface area contributed by atoms with Crippen molar-refractivity contribution >= 4 is 0 Å². The van der Waals surface area contributed by atoms with E-state index >= 15 is 0 Å². The Hall–Kier alpha value is -0.340. The van der Waals surface area contributed by atoms with E-state index in [4.69, 9.17) is 0 Å². The van der Waals surface area contributed by atoms with Crippen LogP contribution in [0, 0.1) is 0 Å². The van der Waals surface area contributed by atoms with Crippen molar-refractivity contribution in [1.82, 2.24) is 0 Å². The molecule has 1 saturated carbocycles. The minimum absolute atomic E-state index is 0.311. The highest BCUT2D eigenvalue weighted by atomic mass is 16.3. The summed E-state index contributed by atoms with van der Waals surface area (Å²) >= 11 is 0. The second kappa shape index (κ2) is 3.37. The Morgan fingerprint density at radius 3 is 2.91 bits per heavy atom. The first-order valence-electron chi connectivity index (χ1n) is 4.18. The van der Waals surface area contributed by atoms with E-state index in [0.29, 0.717) is 12.8 Å². The summed E-state index contributed by atoms with van der Waals surface area (Å²) in [4.78, 5) is 0. The van der Waals surface area contributed by atoms with E-state index in [0.717, 1.165) is 19.3 Å². The lowest BCUT2D eigenvalue weighted by Gasteiger charge is -2.33. The maximum Gasteiger partial charge on any atom is 0.0706 e. The van der Waals surface area contributed by atoms with Gasteiger partial charge in [0.05, 0.1) is 11.7 Å². The largest absolute Gasteiger partial charge is 0.393 e. The van der Waals surface area contributed by atoms with Gasteiger partial charge in [0.15, 0.2) is 0 Å². The Labute approximate surface area is 67.6 Å².